The van der Waals surface area contributed by atoms with E-state index in [9.17, 15) is 13.5 Å². The van der Waals surface area contributed by atoms with Crippen molar-refractivity contribution in [3.63, 3.8) is 0 Å². The van der Waals surface area contributed by atoms with E-state index in [-0.39, 0.29) is 16.4 Å². The minimum atomic E-state index is -4.18. The normalized spacial score (nSPS) is 11.7. The number of phenols is 1. The van der Waals surface area contributed by atoms with Gasteiger partial charge in [0.25, 0.3) is 0 Å². The predicted octanol–water partition coefficient (Wildman–Crippen LogP) is 4.47. The summed E-state index contributed by atoms with van der Waals surface area (Å²) in [5, 5.41) is 13.2. The Morgan fingerprint density at radius 3 is 2.04 bits per heavy atom. The molecule has 1 N–H and O–H groups in total. The molecule has 0 heterocycles. The molecule has 25 heavy (non-hydrogen) atoms. The van der Waals surface area contributed by atoms with E-state index in [0.29, 0.717) is 10.8 Å². The highest BCUT2D eigenvalue weighted by molar-refractivity contribution is 7.87. The molecule has 0 bridgehead atoms. The molecular weight excluding hydrogens is 336 g/mol. The van der Waals surface area contributed by atoms with Gasteiger partial charge in [-0.1, -0.05) is 66.7 Å². The molecule has 0 aliphatic carbocycles. The van der Waals surface area contributed by atoms with Crippen LogP contribution in [0.1, 0.15) is 0 Å². The zero-order valence-electron chi connectivity index (χ0n) is 13.1. The maximum absolute atomic E-state index is 12.7. The molecule has 0 unspecified atom stereocenters. The number of hydrogen-bond acceptors (Lipinski definition) is 4. The van der Waals surface area contributed by atoms with E-state index in [1.165, 1.54) is 6.07 Å². The standard InChI is InChI=1S/C20H14O4S/c21-20-17-10-4-2-7-15(17)12-13-19(20)25(22,23)24-18-11-5-8-14-6-1-3-9-16(14)18/h1-13,21H. The molecule has 4 nitrogen and oxygen atoms in total. The molecule has 0 atom stereocenters. The van der Waals surface area contributed by atoms with Gasteiger partial charge in [0.1, 0.15) is 10.6 Å². The van der Waals surface area contributed by atoms with Crippen LogP contribution in [0.25, 0.3) is 21.5 Å². The maximum Gasteiger partial charge on any atom is 0.342 e. The maximum atomic E-state index is 12.7. The predicted molar refractivity (Wildman–Crippen MR) is 97.4 cm³/mol. The van der Waals surface area contributed by atoms with Gasteiger partial charge in [0.05, 0.1) is 0 Å². The van der Waals surface area contributed by atoms with Gasteiger partial charge < -0.3 is 9.29 Å². The number of benzene rings is 4. The van der Waals surface area contributed by atoms with Crippen LogP contribution in [-0.4, -0.2) is 13.5 Å². The second kappa shape index (κ2) is 5.79. The van der Waals surface area contributed by atoms with Crippen molar-refractivity contribution in [2.45, 2.75) is 4.90 Å². The molecule has 0 aliphatic heterocycles. The monoisotopic (exact) mass is 350 g/mol. The summed E-state index contributed by atoms with van der Waals surface area (Å²) in [6.07, 6.45) is 0. The van der Waals surface area contributed by atoms with Crippen molar-refractivity contribution < 1.29 is 17.7 Å². The molecule has 0 fully saturated rings. The van der Waals surface area contributed by atoms with Gasteiger partial charge in [-0.15, -0.1) is 0 Å². The molecule has 4 aromatic rings. The molecule has 0 radical (unpaired) electrons. The van der Waals surface area contributed by atoms with Crippen LogP contribution in [0.3, 0.4) is 0 Å². The minimum absolute atomic E-state index is 0.227. The Hall–Kier alpha value is -3.05. The average molecular weight is 350 g/mol. The molecule has 0 aliphatic rings. The lowest BCUT2D eigenvalue weighted by atomic mass is 10.1. The van der Waals surface area contributed by atoms with Gasteiger partial charge in [0.2, 0.25) is 0 Å². The van der Waals surface area contributed by atoms with Gasteiger partial charge in [-0.25, -0.2) is 0 Å². The van der Waals surface area contributed by atoms with Crippen molar-refractivity contribution >= 4 is 31.7 Å². The smallest absolute Gasteiger partial charge is 0.342 e. The summed E-state index contributed by atoms with van der Waals surface area (Å²) in [5.74, 6) is -0.0796. The molecule has 124 valence electrons. The van der Waals surface area contributed by atoms with Crippen LogP contribution in [-0.2, 0) is 10.1 Å². The third-order valence-corrected chi connectivity index (χ3v) is 5.35. The van der Waals surface area contributed by atoms with Crippen molar-refractivity contribution in [1.29, 1.82) is 0 Å². The lowest BCUT2D eigenvalue weighted by Crippen LogP contribution is -2.10. The molecule has 0 spiro atoms. The van der Waals surface area contributed by atoms with Gasteiger partial charge >= 0.3 is 10.1 Å². The number of rotatable bonds is 3. The summed E-state index contributed by atoms with van der Waals surface area (Å²) in [6, 6.07) is 22.6. The average Bonchev–Trinajstić information content (AvgIpc) is 2.62. The molecular formula is C20H14O4S. The minimum Gasteiger partial charge on any atom is -0.506 e. The Balaban J connectivity index is 1.84. The summed E-state index contributed by atoms with van der Waals surface area (Å²) >= 11 is 0. The van der Waals surface area contributed by atoms with Crippen LogP contribution >= 0.6 is 0 Å². The van der Waals surface area contributed by atoms with Gasteiger partial charge in [-0.2, -0.15) is 8.42 Å². The van der Waals surface area contributed by atoms with Crippen LogP contribution < -0.4 is 4.18 Å². The second-order valence-electron chi connectivity index (χ2n) is 5.65. The zero-order chi connectivity index (χ0) is 17.4. The molecule has 5 heteroatoms. The Morgan fingerprint density at radius 1 is 0.680 bits per heavy atom. The van der Waals surface area contributed by atoms with E-state index in [2.05, 4.69) is 0 Å². The molecule has 0 amide bonds. The third kappa shape index (κ3) is 2.68. The fourth-order valence-corrected chi connectivity index (χ4v) is 3.92. The number of hydrogen-bond donors (Lipinski definition) is 1. The van der Waals surface area contributed by atoms with Crippen LogP contribution in [0.2, 0.25) is 0 Å². The Labute approximate surface area is 145 Å². The van der Waals surface area contributed by atoms with Gasteiger partial charge in [-0.3, -0.25) is 0 Å². The van der Waals surface area contributed by atoms with Crippen molar-refractivity contribution in [2.75, 3.05) is 0 Å². The molecule has 0 aromatic heterocycles. The van der Waals surface area contributed by atoms with Crippen molar-refractivity contribution in [2.24, 2.45) is 0 Å². The lowest BCUT2D eigenvalue weighted by molar-refractivity contribution is 0.450. The van der Waals surface area contributed by atoms with E-state index < -0.39 is 10.1 Å². The van der Waals surface area contributed by atoms with E-state index in [0.717, 1.165) is 10.8 Å². The first kappa shape index (κ1) is 15.5. The highest BCUT2D eigenvalue weighted by Crippen LogP contribution is 2.34. The third-order valence-electron chi connectivity index (χ3n) is 4.08. The van der Waals surface area contributed by atoms with Gasteiger partial charge in [-0.05, 0) is 22.9 Å². The quantitative estimate of drug-likeness (QED) is 0.554. The fraction of sp³-hybridized carbons (Fsp3) is 0. The van der Waals surface area contributed by atoms with E-state index in [4.69, 9.17) is 4.18 Å². The summed E-state index contributed by atoms with van der Waals surface area (Å²) in [5.41, 5.74) is 0. The summed E-state index contributed by atoms with van der Waals surface area (Å²) in [7, 11) is -4.18. The fourth-order valence-electron chi connectivity index (χ4n) is 2.87. The van der Waals surface area contributed by atoms with Crippen LogP contribution in [0.15, 0.2) is 83.8 Å². The Kier molecular flexibility index (Phi) is 3.58. The largest absolute Gasteiger partial charge is 0.506 e. The first-order valence-corrected chi connectivity index (χ1v) is 9.10. The van der Waals surface area contributed by atoms with Crippen molar-refractivity contribution in [3.8, 4) is 11.5 Å². The number of phenolic OH excluding ortho intramolecular Hbond substituents is 1. The summed E-state index contributed by atoms with van der Waals surface area (Å²) in [6.45, 7) is 0. The zero-order valence-corrected chi connectivity index (χ0v) is 13.9. The van der Waals surface area contributed by atoms with Crippen molar-refractivity contribution in [3.05, 3.63) is 78.9 Å². The number of aromatic hydroxyl groups is 1. The van der Waals surface area contributed by atoms with E-state index >= 15 is 0 Å². The van der Waals surface area contributed by atoms with Crippen LogP contribution in [0.5, 0.6) is 11.5 Å². The lowest BCUT2D eigenvalue weighted by Gasteiger charge is -2.12. The molecule has 0 saturated carbocycles. The second-order valence-corrected chi connectivity index (χ2v) is 7.16. The Morgan fingerprint density at radius 2 is 1.28 bits per heavy atom. The van der Waals surface area contributed by atoms with Crippen LogP contribution in [0, 0.1) is 0 Å². The highest BCUT2D eigenvalue weighted by Gasteiger charge is 2.23. The van der Waals surface area contributed by atoms with E-state index in [1.54, 1.807) is 42.5 Å². The number of fused-ring (bicyclic) bond motifs is 2. The SMILES string of the molecule is O=S(=O)(Oc1cccc2ccccc12)c1ccc2ccccc2c1O. The van der Waals surface area contributed by atoms with Crippen molar-refractivity contribution in [1.82, 2.24) is 0 Å². The Bertz CT molecular complexity index is 1190. The summed E-state index contributed by atoms with van der Waals surface area (Å²) < 4.78 is 30.8. The highest BCUT2D eigenvalue weighted by atomic mass is 32.2. The first-order valence-electron chi connectivity index (χ1n) is 7.69. The topological polar surface area (TPSA) is 63.6 Å². The van der Waals surface area contributed by atoms with Crippen LogP contribution in [0.4, 0.5) is 0 Å². The molecule has 4 aromatic carbocycles. The molecule has 0 saturated heterocycles. The summed E-state index contributed by atoms with van der Waals surface area (Å²) in [4.78, 5) is -0.251. The van der Waals surface area contributed by atoms with Gasteiger partial charge in [0, 0.05) is 10.8 Å². The first-order chi connectivity index (χ1) is 12.1. The van der Waals surface area contributed by atoms with Gasteiger partial charge in [0.15, 0.2) is 5.75 Å². The molecule has 4 rings (SSSR count). The van der Waals surface area contributed by atoms with E-state index in [1.807, 2.05) is 30.3 Å².